The van der Waals surface area contributed by atoms with Gasteiger partial charge in [0.15, 0.2) is 0 Å². The molecule has 0 bridgehead atoms. The summed E-state index contributed by atoms with van der Waals surface area (Å²) in [5.41, 5.74) is 8.48. The summed E-state index contributed by atoms with van der Waals surface area (Å²) in [6, 6.07) is 12.9. The molecule has 0 amide bonds. The van der Waals surface area contributed by atoms with Gasteiger partial charge in [-0.15, -0.1) is 0 Å². The van der Waals surface area contributed by atoms with Crippen LogP contribution in [0.1, 0.15) is 11.1 Å². The van der Waals surface area contributed by atoms with Crippen LogP contribution in [0.3, 0.4) is 0 Å². The Morgan fingerprint density at radius 3 is 2.76 bits per heavy atom. The predicted molar refractivity (Wildman–Crippen MR) is 113 cm³/mol. The fourth-order valence-electron chi connectivity index (χ4n) is 3.84. The Morgan fingerprint density at radius 2 is 1.97 bits per heavy atom. The second-order valence-electron chi connectivity index (χ2n) is 7.45. The van der Waals surface area contributed by atoms with E-state index in [1.54, 1.807) is 12.4 Å². The maximum atomic E-state index is 5.46. The van der Waals surface area contributed by atoms with Crippen LogP contribution in [0.15, 0.2) is 55.0 Å². The first-order valence-corrected chi connectivity index (χ1v) is 9.93. The van der Waals surface area contributed by atoms with E-state index in [1.165, 1.54) is 11.1 Å². The highest BCUT2D eigenvalue weighted by Crippen LogP contribution is 2.30. The van der Waals surface area contributed by atoms with Crippen molar-refractivity contribution < 1.29 is 4.74 Å². The second-order valence-corrected chi connectivity index (χ2v) is 7.45. The van der Waals surface area contributed by atoms with Gasteiger partial charge in [-0.25, -0.2) is 4.98 Å². The van der Waals surface area contributed by atoms with Crippen molar-refractivity contribution in [1.29, 1.82) is 0 Å². The lowest BCUT2D eigenvalue weighted by molar-refractivity contribution is 0.0341. The zero-order valence-corrected chi connectivity index (χ0v) is 16.4. The zero-order chi connectivity index (χ0) is 19.6. The fraction of sp³-hybridized carbons (Fsp3) is 0.261. The number of ether oxygens (including phenoxy) is 1. The van der Waals surface area contributed by atoms with E-state index in [0.717, 1.165) is 66.3 Å². The first kappa shape index (κ1) is 18.0. The van der Waals surface area contributed by atoms with Crippen molar-refractivity contribution in [2.75, 3.05) is 26.3 Å². The van der Waals surface area contributed by atoms with Crippen molar-refractivity contribution >= 4 is 11.0 Å². The third kappa shape index (κ3) is 3.64. The summed E-state index contributed by atoms with van der Waals surface area (Å²) in [5.74, 6) is 0. The van der Waals surface area contributed by atoms with Crippen LogP contribution in [0.2, 0.25) is 0 Å². The molecule has 0 unspecified atom stereocenters. The lowest BCUT2D eigenvalue weighted by Gasteiger charge is -2.27. The first-order valence-electron chi connectivity index (χ1n) is 9.93. The number of benzene rings is 2. The van der Waals surface area contributed by atoms with Crippen LogP contribution < -0.4 is 0 Å². The van der Waals surface area contributed by atoms with Crippen molar-refractivity contribution in [3.8, 4) is 22.4 Å². The summed E-state index contributed by atoms with van der Waals surface area (Å²) in [4.78, 5) is 12.0. The topological polar surface area (TPSA) is 66.9 Å². The van der Waals surface area contributed by atoms with Gasteiger partial charge in [0.1, 0.15) is 0 Å². The molecule has 1 N–H and O–H groups in total. The molecule has 146 valence electrons. The number of aromatic amines is 1. The van der Waals surface area contributed by atoms with E-state index < -0.39 is 0 Å². The quantitative estimate of drug-likeness (QED) is 0.578. The molecule has 0 saturated carbocycles. The van der Waals surface area contributed by atoms with E-state index in [1.807, 2.05) is 18.3 Å². The van der Waals surface area contributed by atoms with Gasteiger partial charge in [-0.05, 0) is 29.7 Å². The highest BCUT2D eigenvalue weighted by molar-refractivity contribution is 5.92. The molecule has 0 atom stereocenters. The van der Waals surface area contributed by atoms with Gasteiger partial charge in [0.25, 0.3) is 0 Å². The smallest absolute Gasteiger partial charge is 0.0972 e. The molecule has 1 saturated heterocycles. The number of rotatable bonds is 4. The van der Waals surface area contributed by atoms with Crippen LogP contribution in [-0.4, -0.2) is 51.4 Å². The molecule has 2 aromatic carbocycles. The number of para-hydroxylation sites is 1. The van der Waals surface area contributed by atoms with Crippen LogP contribution in [0.4, 0.5) is 0 Å². The summed E-state index contributed by atoms with van der Waals surface area (Å²) in [7, 11) is 0. The van der Waals surface area contributed by atoms with Gasteiger partial charge in [0.2, 0.25) is 0 Å². The van der Waals surface area contributed by atoms with Gasteiger partial charge in [-0.2, -0.15) is 5.10 Å². The minimum atomic E-state index is 0.819. The Bertz CT molecular complexity index is 1130. The van der Waals surface area contributed by atoms with E-state index in [2.05, 4.69) is 51.3 Å². The molecule has 0 aliphatic carbocycles. The van der Waals surface area contributed by atoms with Gasteiger partial charge in [-0.3, -0.25) is 15.0 Å². The van der Waals surface area contributed by atoms with Crippen LogP contribution in [0.25, 0.3) is 33.4 Å². The maximum Gasteiger partial charge on any atom is 0.0972 e. The Balaban J connectivity index is 1.51. The summed E-state index contributed by atoms with van der Waals surface area (Å²) < 4.78 is 5.46. The number of H-pyrrole nitrogens is 1. The van der Waals surface area contributed by atoms with Crippen molar-refractivity contribution in [3.63, 3.8) is 0 Å². The average Bonchev–Trinajstić information content (AvgIpc) is 3.30. The molecule has 5 rings (SSSR count). The molecule has 1 fully saturated rings. The normalized spacial score (nSPS) is 15.1. The number of aromatic nitrogens is 4. The third-order valence-electron chi connectivity index (χ3n) is 5.52. The predicted octanol–water partition coefficient (Wildman–Crippen LogP) is 3.83. The van der Waals surface area contributed by atoms with Gasteiger partial charge < -0.3 is 4.74 Å². The number of nitrogens with zero attached hydrogens (tertiary/aromatic N) is 4. The van der Waals surface area contributed by atoms with E-state index in [4.69, 9.17) is 9.72 Å². The lowest BCUT2D eigenvalue weighted by Crippen LogP contribution is -2.35. The van der Waals surface area contributed by atoms with Crippen molar-refractivity contribution in [3.05, 3.63) is 66.1 Å². The molecule has 6 heteroatoms. The number of fused-ring (bicyclic) bond motifs is 1. The molecular formula is C23H23N5O. The molecule has 2 aromatic heterocycles. The van der Waals surface area contributed by atoms with Gasteiger partial charge in [-0.1, -0.05) is 30.3 Å². The van der Waals surface area contributed by atoms with Crippen LogP contribution in [-0.2, 0) is 11.3 Å². The summed E-state index contributed by atoms with van der Waals surface area (Å²) in [6.07, 6.45) is 5.40. The molecule has 1 aliphatic heterocycles. The van der Waals surface area contributed by atoms with Gasteiger partial charge in [0.05, 0.1) is 42.3 Å². The fourth-order valence-corrected chi connectivity index (χ4v) is 3.84. The summed E-state index contributed by atoms with van der Waals surface area (Å²) >= 11 is 0. The average molecular weight is 385 g/mol. The van der Waals surface area contributed by atoms with Crippen molar-refractivity contribution in [2.45, 2.75) is 13.5 Å². The number of hydrogen-bond acceptors (Lipinski definition) is 5. The number of hydrogen-bond donors (Lipinski definition) is 1. The van der Waals surface area contributed by atoms with Crippen LogP contribution in [0.5, 0.6) is 0 Å². The minimum Gasteiger partial charge on any atom is -0.379 e. The Kier molecular flexibility index (Phi) is 4.79. The van der Waals surface area contributed by atoms with Crippen molar-refractivity contribution in [1.82, 2.24) is 25.1 Å². The maximum absolute atomic E-state index is 5.46. The lowest BCUT2D eigenvalue weighted by atomic mass is 9.98. The highest BCUT2D eigenvalue weighted by atomic mass is 16.5. The van der Waals surface area contributed by atoms with Gasteiger partial charge >= 0.3 is 0 Å². The van der Waals surface area contributed by atoms with Crippen molar-refractivity contribution in [2.24, 2.45) is 0 Å². The van der Waals surface area contributed by atoms with Crippen LogP contribution >= 0.6 is 0 Å². The molecule has 3 heterocycles. The second kappa shape index (κ2) is 7.73. The molecule has 6 nitrogen and oxygen atoms in total. The molecule has 29 heavy (non-hydrogen) atoms. The minimum absolute atomic E-state index is 0.819. The monoisotopic (exact) mass is 385 g/mol. The molecule has 0 radical (unpaired) electrons. The van der Waals surface area contributed by atoms with E-state index in [-0.39, 0.29) is 0 Å². The first-order chi connectivity index (χ1) is 14.3. The number of nitrogens with one attached hydrogen (secondary N) is 1. The SMILES string of the molecule is Cc1cc(-c2cccc3ncc(-c4cn[nH]c4)nc23)ccc1CN1CCOCC1. The highest BCUT2D eigenvalue weighted by Gasteiger charge is 2.14. The Morgan fingerprint density at radius 1 is 1.07 bits per heavy atom. The summed E-state index contributed by atoms with van der Waals surface area (Å²) in [6.45, 7) is 6.80. The molecule has 0 spiro atoms. The Labute approximate surface area is 169 Å². The standard InChI is InChI=1S/C23H23N5O/c1-16-11-17(5-6-18(16)15-28-7-9-29-10-8-28)20-3-2-4-21-23(20)27-22(14-24-21)19-12-25-26-13-19/h2-6,11-14H,7-10,15H2,1H3,(H,25,26). The molecule has 1 aliphatic rings. The van der Waals surface area contributed by atoms with E-state index >= 15 is 0 Å². The third-order valence-corrected chi connectivity index (χ3v) is 5.52. The van der Waals surface area contributed by atoms with Gasteiger partial charge in [0, 0.05) is 37.0 Å². The summed E-state index contributed by atoms with van der Waals surface area (Å²) in [5, 5.41) is 6.86. The number of morpholine rings is 1. The van der Waals surface area contributed by atoms with E-state index in [0.29, 0.717) is 0 Å². The zero-order valence-electron chi connectivity index (χ0n) is 16.4. The van der Waals surface area contributed by atoms with Crippen LogP contribution in [0, 0.1) is 6.92 Å². The Hall–Kier alpha value is -3.09. The largest absolute Gasteiger partial charge is 0.379 e. The molecule has 4 aromatic rings. The molecular weight excluding hydrogens is 362 g/mol. The van der Waals surface area contributed by atoms with E-state index in [9.17, 15) is 0 Å². The number of aryl methyl sites for hydroxylation is 1.